The highest BCUT2D eigenvalue weighted by Crippen LogP contribution is 2.71. The molecule has 0 radical (unpaired) electrons. The fourth-order valence-electron chi connectivity index (χ4n) is 6.31. The number of rotatable bonds is 8. The van der Waals surface area contributed by atoms with Gasteiger partial charge < -0.3 is 0 Å². The van der Waals surface area contributed by atoms with Crippen molar-refractivity contribution in [2.75, 3.05) is 0 Å². The highest BCUT2D eigenvalue weighted by Gasteiger charge is 2.56. The van der Waals surface area contributed by atoms with Gasteiger partial charge in [0.15, 0.2) is 81.4 Å². The summed E-state index contributed by atoms with van der Waals surface area (Å²) in [7, 11) is -5.55. The van der Waals surface area contributed by atoms with Gasteiger partial charge in [-0.05, 0) is 40.9 Å². The van der Waals surface area contributed by atoms with Gasteiger partial charge in [-0.2, -0.15) is 0 Å². The third-order valence-corrected chi connectivity index (χ3v) is 12.1. The highest BCUT2D eigenvalue weighted by molar-refractivity contribution is 7.94. The van der Waals surface area contributed by atoms with Crippen LogP contribution >= 0.6 is 7.57 Å². The van der Waals surface area contributed by atoms with Crippen molar-refractivity contribution < 1.29 is 70.1 Å². The Morgan fingerprint density at radius 2 is 0.684 bits per heavy atom. The van der Waals surface area contributed by atoms with Crippen molar-refractivity contribution in [2.24, 2.45) is 0 Å². The normalized spacial score (nSPS) is 12.2. The Balaban J connectivity index is 2.09. The Labute approximate surface area is 312 Å². The molecule has 6 aromatic carbocycles. The molecule has 6 rings (SSSR count). The maximum absolute atomic E-state index is 19.2. The molecule has 0 bridgehead atoms. The predicted octanol–water partition coefficient (Wildman–Crippen LogP) is 10.4. The van der Waals surface area contributed by atoms with Gasteiger partial charge in [0.1, 0.15) is 15.9 Å². The number of hydrogen-bond donors (Lipinski definition) is 0. The topological polar surface area (TPSA) is 0 Å². The zero-order chi connectivity index (χ0) is 41.8. The second kappa shape index (κ2) is 15.4. The van der Waals surface area contributed by atoms with Crippen molar-refractivity contribution in [1.82, 2.24) is 0 Å². The summed E-state index contributed by atoms with van der Waals surface area (Å²) in [6, 6.07) is 15.3. The van der Waals surface area contributed by atoms with Crippen molar-refractivity contribution >= 4 is 46.6 Å². The zero-order valence-electron chi connectivity index (χ0n) is 28.2. The molecule has 0 saturated heterocycles. The van der Waals surface area contributed by atoms with Gasteiger partial charge in [0, 0.05) is 16.5 Å². The average molecular weight is 831 g/mol. The number of hydrogen-bond acceptors (Lipinski definition) is 0. The van der Waals surface area contributed by atoms with Crippen molar-refractivity contribution in [1.29, 1.82) is 0 Å². The van der Waals surface area contributed by atoms with Gasteiger partial charge in [0.2, 0.25) is 5.82 Å². The monoisotopic (exact) mass is 831 g/mol. The van der Waals surface area contributed by atoms with E-state index in [1.165, 1.54) is 43.3 Å². The summed E-state index contributed by atoms with van der Waals surface area (Å²) in [5.74, 6) is -45.1. The molecule has 18 heteroatoms. The number of halogens is 16. The Bertz CT molecular complexity index is 2400. The Hall–Kier alpha value is -5.57. The molecule has 0 aliphatic rings. The van der Waals surface area contributed by atoms with Gasteiger partial charge in [-0.15, -0.1) is 0 Å². The van der Waals surface area contributed by atoms with Crippen LogP contribution in [0.1, 0.15) is 16.7 Å². The molecule has 0 spiro atoms. The molecule has 0 unspecified atom stereocenters. The van der Waals surface area contributed by atoms with Crippen molar-refractivity contribution in [3.8, 4) is 0 Å². The van der Waals surface area contributed by atoms with Gasteiger partial charge >= 0.3 is 0 Å². The minimum Gasteiger partial charge on any atom is -0.204 e. The van der Waals surface area contributed by atoms with E-state index in [4.69, 9.17) is 0 Å². The molecule has 0 aliphatic carbocycles. The smallest absolute Gasteiger partial charge is 0.204 e. The maximum atomic E-state index is 19.2. The standard InChI is InChI=1S/C39H17BF16P/c1-16-12-14-17(15-13-16)39(57(56,18-8-4-2-5-9-18)19-10-6-3-7-11-19)21(20-24(41)30(47)36(53)31(48)25(20)42)40(22-26(43)32(49)37(54)33(50)27(22)44)23-28(45)34(51)38(55)35(52)29(23)46/h2-15H,1H3/q+1/b39-21+. The summed E-state index contributed by atoms with van der Waals surface area (Å²) < 4.78 is 251. The Morgan fingerprint density at radius 3 is 1.02 bits per heavy atom. The third-order valence-electron chi connectivity index (χ3n) is 8.94. The third kappa shape index (κ3) is 6.55. The molecular weight excluding hydrogens is 814 g/mol. The van der Waals surface area contributed by atoms with Gasteiger partial charge in [0.25, 0.3) is 14.3 Å². The van der Waals surface area contributed by atoms with E-state index in [2.05, 4.69) is 0 Å². The lowest BCUT2D eigenvalue weighted by Crippen LogP contribution is -2.52. The van der Waals surface area contributed by atoms with Crippen LogP contribution in [-0.2, 0) is 0 Å². The molecule has 6 aromatic rings. The summed E-state index contributed by atoms with van der Waals surface area (Å²) in [6.07, 6.45) is 0. The van der Waals surface area contributed by atoms with Crippen LogP contribution in [-0.4, -0.2) is 6.71 Å². The van der Waals surface area contributed by atoms with Crippen LogP contribution in [0.15, 0.2) is 84.9 Å². The minimum absolute atomic E-state index is 0.314. The minimum atomic E-state index is -5.55. The van der Waals surface area contributed by atoms with E-state index < -0.39 is 145 Å². The second-order valence-corrected chi connectivity index (χ2v) is 14.9. The van der Waals surface area contributed by atoms with Gasteiger partial charge in [-0.3, -0.25) is 0 Å². The predicted molar refractivity (Wildman–Crippen MR) is 182 cm³/mol. The van der Waals surface area contributed by atoms with E-state index in [0.717, 1.165) is 48.5 Å². The number of benzene rings is 6. The van der Waals surface area contributed by atoms with E-state index in [1.54, 1.807) is 0 Å². The van der Waals surface area contributed by atoms with Crippen LogP contribution in [0, 0.1) is 94.2 Å². The van der Waals surface area contributed by atoms with E-state index >= 15 is 56.9 Å². The largest absolute Gasteiger partial charge is 0.299 e. The molecule has 0 saturated carbocycles. The van der Waals surface area contributed by atoms with Crippen LogP contribution in [0.25, 0.3) is 10.8 Å². The quantitative estimate of drug-likeness (QED) is 0.0358. The molecule has 0 N–H and O–H groups in total. The lowest BCUT2D eigenvalue weighted by atomic mass is 9.34. The van der Waals surface area contributed by atoms with Crippen LogP contribution in [0.3, 0.4) is 0 Å². The molecule has 57 heavy (non-hydrogen) atoms. The van der Waals surface area contributed by atoms with Crippen LogP contribution in [0.2, 0.25) is 0 Å². The molecule has 0 amide bonds. The summed E-state index contributed by atoms with van der Waals surface area (Å²) >= 11 is 0. The SMILES string of the molecule is Cc1ccc(/C(=C(\B(c2c(F)c(F)c(F)c(F)c2F)c2c(F)c(F)c(F)c(F)c2F)c2c(F)c(F)c(F)c(F)c2F)[P+](F)(c2ccccc2)c2ccccc2)cc1. The van der Waals surface area contributed by atoms with E-state index in [-0.39, 0.29) is 0 Å². The van der Waals surface area contributed by atoms with Crippen LogP contribution in [0.4, 0.5) is 70.1 Å². The van der Waals surface area contributed by atoms with E-state index in [0.29, 0.717) is 5.56 Å². The summed E-state index contributed by atoms with van der Waals surface area (Å²) in [6.45, 7) is -2.58. The number of aryl methyl sites for hydroxylation is 1. The molecule has 0 fully saturated rings. The van der Waals surface area contributed by atoms with Gasteiger partial charge in [-0.25, -0.2) is 65.9 Å². The van der Waals surface area contributed by atoms with Crippen LogP contribution in [0.5, 0.6) is 0 Å². The fourth-order valence-corrected chi connectivity index (χ4v) is 9.37. The summed E-state index contributed by atoms with van der Waals surface area (Å²) in [5, 5.41) is -2.61. The average Bonchev–Trinajstić information content (AvgIpc) is 3.22. The van der Waals surface area contributed by atoms with Crippen molar-refractivity contribution in [3.63, 3.8) is 0 Å². The summed E-state index contributed by atoms with van der Waals surface area (Å²) in [4.78, 5) is 0. The lowest BCUT2D eigenvalue weighted by molar-refractivity contribution is 0.376. The molecule has 0 heterocycles. The van der Waals surface area contributed by atoms with Gasteiger partial charge in [-0.1, -0.05) is 66.2 Å². The molecule has 292 valence electrons. The lowest BCUT2D eigenvalue weighted by Gasteiger charge is -2.28. The zero-order valence-corrected chi connectivity index (χ0v) is 29.0. The highest BCUT2D eigenvalue weighted by atomic mass is 31.2. The van der Waals surface area contributed by atoms with Crippen molar-refractivity contribution in [3.05, 3.63) is 189 Å². The molecular formula is C39H17BF16P+. The fraction of sp³-hybridized carbons (Fsp3) is 0.0256. The molecule has 0 nitrogen and oxygen atoms in total. The summed E-state index contributed by atoms with van der Waals surface area (Å²) in [5.41, 5.74) is -10.4. The molecule has 0 aromatic heterocycles. The van der Waals surface area contributed by atoms with E-state index in [9.17, 15) is 13.2 Å². The maximum Gasteiger partial charge on any atom is 0.299 e. The Morgan fingerprint density at radius 1 is 0.386 bits per heavy atom. The molecule has 0 aliphatic heterocycles. The first-order valence-corrected chi connectivity index (χ1v) is 17.6. The van der Waals surface area contributed by atoms with E-state index in [1.807, 2.05) is 0 Å². The molecule has 0 atom stereocenters. The Kier molecular flexibility index (Phi) is 11.1. The van der Waals surface area contributed by atoms with Crippen molar-refractivity contribution in [2.45, 2.75) is 6.92 Å². The van der Waals surface area contributed by atoms with Gasteiger partial charge in [0.05, 0.1) is 5.56 Å². The first-order chi connectivity index (χ1) is 26.9. The first-order valence-electron chi connectivity index (χ1n) is 15.9. The first kappa shape index (κ1) is 41.1. The van der Waals surface area contributed by atoms with Crippen LogP contribution < -0.4 is 21.5 Å². The second-order valence-electron chi connectivity index (χ2n) is 12.2.